The summed E-state index contributed by atoms with van der Waals surface area (Å²) in [6.45, 7) is 2.10. The van der Waals surface area contributed by atoms with Crippen LogP contribution in [0.15, 0.2) is 54.6 Å². The summed E-state index contributed by atoms with van der Waals surface area (Å²) in [6, 6.07) is 8.54. The summed E-state index contributed by atoms with van der Waals surface area (Å²) in [5.41, 5.74) is 3.72. The molecule has 0 saturated carbocycles. The molecule has 0 radical (unpaired) electrons. The van der Waals surface area contributed by atoms with Gasteiger partial charge in [-0.25, -0.2) is 0 Å². The molecule has 0 N–H and O–H groups in total. The van der Waals surface area contributed by atoms with Gasteiger partial charge in [-0.05, 0) is 24.1 Å². The fourth-order valence-electron chi connectivity index (χ4n) is 1.71. The molecule has 0 aliphatic heterocycles. The Kier molecular flexibility index (Phi) is 3.37. The molecule has 1 atom stereocenters. The lowest BCUT2D eigenvalue weighted by Crippen LogP contribution is -2.02. The second-order valence-corrected chi connectivity index (χ2v) is 3.93. The molecule has 82 valence electrons. The maximum Gasteiger partial charge on any atom is 0.0945 e. The molecule has 0 aromatic heterocycles. The van der Waals surface area contributed by atoms with E-state index in [-0.39, 0.29) is 6.10 Å². The van der Waals surface area contributed by atoms with Gasteiger partial charge in [0.25, 0.3) is 0 Å². The fourth-order valence-corrected chi connectivity index (χ4v) is 1.71. The van der Waals surface area contributed by atoms with Crippen LogP contribution >= 0.6 is 0 Å². The summed E-state index contributed by atoms with van der Waals surface area (Å²) in [5, 5.41) is 0. The van der Waals surface area contributed by atoms with Gasteiger partial charge in [0.05, 0.1) is 6.10 Å². The molecule has 1 unspecified atom stereocenters. The lowest BCUT2D eigenvalue weighted by atomic mass is 10.0. The van der Waals surface area contributed by atoms with Crippen molar-refractivity contribution >= 4 is 5.57 Å². The van der Waals surface area contributed by atoms with Crippen LogP contribution in [0.3, 0.4) is 0 Å². The van der Waals surface area contributed by atoms with E-state index in [9.17, 15) is 0 Å². The Morgan fingerprint density at radius 3 is 2.50 bits per heavy atom. The Balaban J connectivity index is 2.32. The largest absolute Gasteiger partial charge is 0.373 e. The Bertz CT molecular complexity index is 435. The van der Waals surface area contributed by atoms with E-state index in [1.54, 1.807) is 7.11 Å². The molecule has 0 heterocycles. The van der Waals surface area contributed by atoms with Crippen molar-refractivity contribution in [3.63, 3.8) is 0 Å². The van der Waals surface area contributed by atoms with Crippen LogP contribution in [0.25, 0.3) is 5.57 Å². The second kappa shape index (κ2) is 4.95. The number of aryl methyl sites for hydroxylation is 1. The first-order valence-corrected chi connectivity index (χ1v) is 5.46. The van der Waals surface area contributed by atoms with Crippen molar-refractivity contribution in [1.29, 1.82) is 0 Å². The zero-order valence-corrected chi connectivity index (χ0v) is 9.68. The highest BCUT2D eigenvalue weighted by Crippen LogP contribution is 2.20. The fraction of sp³-hybridized carbons (Fsp3) is 0.200. The Labute approximate surface area is 96.8 Å². The molecular formula is C15H16O. The summed E-state index contributed by atoms with van der Waals surface area (Å²) in [7, 11) is 1.73. The van der Waals surface area contributed by atoms with Crippen molar-refractivity contribution in [2.45, 2.75) is 13.0 Å². The minimum atomic E-state index is 0.0614. The summed E-state index contributed by atoms with van der Waals surface area (Å²) in [5.74, 6) is 0. The molecule has 1 nitrogen and oxygen atoms in total. The number of hydrogen-bond acceptors (Lipinski definition) is 1. The maximum atomic E-state index is 5.34. The van der Waals surface area contributed by atoms with Crippen molar-refractivity contribution in [3.05, 3.63) is 65.8 Å². The minimum absolute atomic E-state index is 0.0614. The van der Waals surface area contributed by atoms with Gasteiger partial charge in [0, 0.05) is 7.11 Å². The van der Waals surface area contributed by atoms with Gasteiger partial charge in [0.1, 0.15) is 0 Å². The van der Waals surface area contributed by atoms with E-state index >= 15 is 0 Å². The van der Waals surface area contributed by atoms with Gasteiger partial charge < -0.3 is 4.74 Å². The van der Waals surface area contributed by atoms with Crippen molar-refractivity contribution in [3.8, 4) is 0 Å². The predicted molar refractivity (Wildman–Crippen MR) is 68.2 cm³/mol. The highest BCUT2D eigenvalue weighted by molar-refractivity contribution is 5.75. The normalized spacial score (nSPS) is 19.4. The van der Waals surface area contributed by atoms with Gasteiger partial charge in [-0.2, -0.15) is 0 Å². The highest BCUT2D eigenvalue weighted by Gasteiger charge is 2.04. The first-order valence-electron chi connectivity index (χ1n) is 5.46. The van der Waals surface area contributed by atoms with Gasteiger partial charge in [-0.15, -0.1) is 0 Å². The van der Waals surface area contributed by atoms with E-state index in [1.165, 1.54) is 16.7 Å². The van der Waals surface area contributed by atoms with Crippen LogP contribution in [0.2, 0.25) is 0 Å². The number of allylic oxidation sites excluding steroid dienone is 4. The lowest BCUT2D eigenvalue weighted by Gasteiger charge is -2.07. The van der Waals surface area contributed by atoms with Crippen LogP contribution in [-0.2, 0) is 4.74 Å². The van der Waals surface area contributed by atoms with E-state index < -0.39 is 0 Å². The number of benzene rings is 1. The SMILES string of the molecule is COC1C=CC=CC(c2ccc(C)cc2)=C1. The summed E-state index contributed by atoms with van der Waals surface area (Å²) >= 11 is 0. The third kappa shape index (κ3) is 2.50. The number of hydrogen-bond donors (Lipinski definition) is 0. The molecule has 1 aromatic carbocycles. The molecule has 0 bridgehead atoms. The third-order valence-corrected chi connectivity index (χ3v) is 2.69. The molecule has 0 spiro atoms. The zero-order chi connectivity index (χ0) is 11.4. The van der Waals surface area contributed by atoms with Crippen LogP contribution in [-0.4, -0.2) is 13.2 Å². The topological polar surface area (TPSA) is 9.23 Å². The molecule has 1 aliphatic carbocycles. The second-order valence-electron chi connectivity index (χ2n) is 3.93. The monoisotopic (exact) mass is 212 g/mol. The summed E-state index contributed by atoms with van der Waals surface area (Å²) in [6.07, 6.45) is 10.4. The van der Waals surface area contributed by atoms with Gasteiger partial charge in [0.15, 0.2) is 0 Å². The van der Waals surface area contributed by atoms with Crippen LogP contribution in [0.1, 0.15) is 11.1 Å². The Morgan fingerprint density at radius 2 is 1.81 bits per heavy atom. The van der Waals surface area contributed by atoms with E-state index in [0.29, 0.717) is 0 Å². The molecule has 1 aliphatic rings. The standard InChI is InChI=1S/C15H16O/c1-12-7-9-13(10-8-12)14-5-3-4-6-15(11-14)16-2/h3-11,15H,1-2H3. The van der Waals surface area contributed by atoms with Crippen LogP contribution < -0.4 is 0 Å². The molecule has 16 heavy (non-hydrogen) atoms. The minimum Gasteiger partial charge on any atom is -0.373 e. The van der Waals surface area contributed by atoms with E-state index in [1.807, 2.05) is 18.2 Å². The van der Waals surface area contributed by atoms with Gasteiger partial charge in [0.2, 0.25) is 0 Å². The molecule has 2 rings (SSSR count). The molecule has 1 aromatic rings. The van der Waals surface area contributed by atoms with Crippen molar-refractivity contribution < 1.29 is 4.74 Å². The average Bonchev–Trinajstić information content (AvgIpc) is 2.55. The Hall–Kier alpha value is -1.60. The van der Waals surface area contributed by atoms with Crippen molar-refractivity contribution in [2.24, 2.45) is 0 Å². The number of rotatable bonds is 2. The van der Waals surface area contributed by atoms with Crippen molar-refractivity contribution in [2.75, 3.05) is 7.11 Å². The lowest BCUT2D eigenvalue weighted by molar-refractivity contribution is 0.178. The van der Waals surface area contributed by atoms with Crippen LogP contribution in [0.4, 0.5) is 0 Å². The molecule has 0 saturated heterocycles. The smallest absolute Gasteiger partial charge is 0.0945 e. The summed E-state index contributed by atoms with van der Waals surface area (Å²) in [4.78, 5) is 0. The van der Waals surface area contributed by atoms with Gasteiger partial charge in [-0.3, -0.25) is 0 Å². The Morgan fingerprint density at radius 1 is 1.06 bits per heavy atom. The molecule has 0 amide bonds. The predicted octanol–water partition coefficient (Wildman–Crippen LogP) is 3.52. The first kappa shape index (κ1) is 10.9. The molecular weight excluding hydrogens is 196 g/mol. The zero-order valence-electron chi connectivity index (χ0n) is 9.68. The van der Waals surface area contributed by atoms with E-state index in [0.717, 1.165) is 0 Å². The van der Waals surface area contributed by atoms with Crippen molar-refractivity contribution in [1.82, 2.24) is 0 Å². The molecule has 1 heteroatoms. The van der Waals surface area contributed by atoms with Crippen LogP contribution in [0, 0.1) is 6.92 Å². The quantitative estimate of drug-likeness (QED) is 0.728. The number of ether oxygens (including phenoxy) is 1. The first-order chi connectivity index (χ1) is 7.79. The van der Waals surface area contributed by atoms with E-state index in [2.05, 4.69) is 43.3 Å². The highest BCUT2D eigenvalue weighted by atomic mass is 16.5. The maximum absolute atomic E-state index is 5.34. The summed E-state index contributed by atoms with van der Waals surface area (Å²) < 4.78 is 5.34. The molecule has 0 fully saturated rings. The average molecular weight is 212 g/mol. The number of methoxy groups -OCH3 is 1. The third-order valence-electron chi connectivity index (χ3n) is 2.69. The van der Waals surface area contributed by atoms with Gasteiger partial charge >= 0.3 is 0 Å². The van der Waals surface area contributed by atoms with Crippen LogP contribution in [0.5, 0.6) is 0 Å². The van der Waals surface area contributed by atoms with E-state index in [4.69, 9.17) is 4.74 Å². The van der Waals surface area contributed by atoms with Gasteiger partial charge in [-0.1, -0.05) is 54.1 Å².